The molecule has 4 rings (SSSR count). The number of hydrogen-bond acceptors (Lipinski definition) is 6. The maximum atomic E-state index is 13.3. The minimum absolute atomic E-state index is 0.0194. The van der Waals surface area contributed by atoms with Crippen molar-refractivity contribution in [3.05, 3.63) is 30.3 Å². The summed E-state index contributed by atoms with van der Waals surface area (Å²) in [7, 11) is -3.04. The summed E-state index contributed by atoms with van der Waals surface area (Å²) in [4.78, 5) is 15.3. The predicted octanol–water partition coefficient (Wildman–Crippen LogP) is 3.41. The first-order valence-electron chi connectivity index (χ1n) is 11.1. The number of rotatable bonds is 7. The Balaban J connectivity index is 1.50. The molecule has 1 amide bonds. The molecular weight excluding hydrogens is 432 g/mol. The number of nitrogens with zero attached hydrogens (tertiary/aromatic N) is 4. The van der Waals surface area contributed by atoms with Gasteiger partial charge >= 0.3 is 0 Å². The molecule has 168 valence electrons. The minimum atomic E-state index is -3.04. The van der Waals surface area contributed by atoms with Crippen molar-refractivity contribution in [2.24, 2.45) is 0 Å². The van der Waals surface area contributed by atoms with E-state index in [1.54, 1.807) is 0 Å². The Hall–Kier alpha value is -1.87. The zero-order valence-corrected chi connectivity index (χ0v) is 19.6. The quantitative estimate of drug-likeness (QED) is 0.586. The summed E-state index contributed by atoms with van der Waals surface area (Å²) >= 11 is 1.39. The Morgan fingerprint density at radius 3 is 2.48 bits per heavy atom. The van der Waals surface area contributed by atoms with E-state index in [1.807, 2.05) is 46.7 Å². The number of carbonyl (C=O) groups excluding carboxylic acids is 1. The summed E-state index contributed by atoms with van der Waals surface area (Å²) in [6.07, 6.45) is 5.89. The number of benzene rings is 1. The Labute approximate surface area is 188 Å². The second-order valence-corrected chi connectivity index (χ2v) is 11.5. The molecule has 1 aliphatic heterocycles. The van der Waals surface area contributed by atoms with Crippen LogP contribution in [0, 0.1) is 0 Å². The highest BCUT2D eigenvalue weighted by molar-refractivity contribution is 7.99. The first kappa shape index (κ1) is 22.3. The smallest absolute Gasteiger partial charge is 0.233 e. The SMILES string of the molecule is CCn1c(SCC(=O)N(C2CCCCC2)[C@@H]2CCS(=O)(=O)C2)nnc1-c1ccccc1. The van der Waals surface area contributed by atoms with Crippen LogP contribution in [0.1, 0.15) is 45.4 Å². The van der Waals surface area contributed by atoms with Crippen molar-refractivity contribution in [2.45, 2.75) is 69.2 Å². The molecule has 1 aromatic heterocycles. The third-order valence-corrected chi connectivity index (χ3v) is 8.95. The van der Waals surface area contributed by atoms with Gasteiger partial charge in [0.25, 0.3) is 0 Å². The lowest BCUT2D eigenvalue weighted by molar-refractivity contribution is -0.133. The molecule has 9 heteroatoms. The highest BCUT2D eigenvalue weighted by atomic mass is 32.2. The van der Waals surface area contributed by atoms with Gasteiger partial charge in [0.2, 0.25) is 5.91 Å². The van der Waals surface area contributed by atoms with Crippen LogP contribution in [0.4, 0.5) is 0 Å². The van der Waals surface area contributed by atoms with E-state index in [9.17, 15) is 13.2 Å². The molecule has 1 atom stereocenters. The molecule has 1 saturated heterocycles. The van der Waals surface area contributed by atoms with Gasteiger partial charge in [-0.05, 0) is 26.2 Å². The van der Waals surface area contributed by atoms with Gasteiger partial charge in [-0.25, -0.2) is 8.42 Å². The molecular formula is C22H30N4O3S2. The van der Waals surface area contributed by atoms with Gasteiger partial charge in [-0.1, -0.05) is 61.4 Å². The van der Waals surface area contributed by atoms with Crippen LogP contribution < -0.4 is 0 Å². The fourth-order valence-electron chi connectivity index (χ4n) is 4.74. The largest absolute Gasteiger partial charge is 0.335 e. The van der Waals surface area contributed by atoms with E-state index < -0.39 is 9.84 Å². The third-order valence-electron chi connectivity index (χ3n) is 6.25. The summed E-state index contributed by atoms with van der Waals surface area (Å²) in [6, 6.07) is 9.88. The fraction of sp³-hybridized carbons (Fsp3) is 0.591. The normalized spacial score (nSPS) is 21.3. The van der Waals surface area contributed by atoms with Crippen LogP contribution >= 0.6 is 11.8 Å². The molecule has 31 heavy (non-hydrogen) atoms. The number of hydrogen-bond donors (Lipinski definition) is 0. The van der Waals surface area contributed by atoms with Gasteiger partial charge in [0, 0.05) is 24.2 Å². The molecule has 1 aromatic carbocycles. The van der Waals surface area contributed by atoms with E-state index in [4.69, 9.17) is 0 Å². The topological polar surface area (TPSA) is 85.2 Å². The lowest BCUT2D eigenvalue weighted by atomic mass is 9.93. The van der Waals surface area contributed by atoms with Crippen LogP contribution in [-0.4, -0.2) is 63.3 Å². The van der Waals surface area contributed by atoms with Gasteiger partial charge < -0.3 is 9.47 Å². The average Bonchev–Trinajstić information content (AvgIpc) is 3.36. The van der Waals surface area contributed by atoms with E-state index in [1.165, 1.54) is 18.2 Å². The average molecular weight is 463 g/mol. The van der Waals surface area contributed by atoms with Crippen LogP contribution in [0.2, 0.25) is 0 Å². The molecule has 2 aliphatic rings. The molecule has 0 N–H and O–H groups in total. The Morgan fingerprint density at radius 2 is 1.84 bits per heavy atom. The van der Waals surface area contributed by atoms with E-state index in [0.29, 0.717) is 13.0 Å². The number of thioether (sulfide) groups is 1. The monoisotopic (exact) mass is 462 g/mol. The third kappa shape index (κ3) is 5.14. The lowest BCUT2D eigenvalue weighted by Gasteiger charge is -2.38. The highest BCUT2D eigenvalue weighted by Gasteiger charge is 2.38. The number of aromatic nitrogens is 3. The standard InChI is InChI=1S/C22H30N4O3S2/c1-2-25-21(17-9-5-3-6-10-17)23-24-22(25)30-15-20(27)26(18-11-7-4-8-12-18)19-13-14-31(28,29)16-19/h3,5-6,9-10,18-19H,2,4,7-8,11-16H2,1H3/t19-/m1/s1. The van der Waals surface area contributed by atoms with Crippen molar-refractivity contribution in [2.75, 3.05) is 17.3 Å². The first-order valence-corrected chi connectivity index (χ1v) is 13.9. The van der Waals surface area contributed by atoms with Crippen molar-refractivity contribution >= 4 is 27.5 Å². The van der Waals surface area contributed by atoms with Crippen molar-refractivity contribution in [1.29, 1.82) is 0 Å². The van der Waals surface area contributed by atoms with Crippen LogP contribution in [0.25, 0.3) is 11.4 Å². The molecule has 1 aliphatic carbocycles. The van der Waals surface area contributed by atoms with E-state index >= 15 is 0 Å². The zero-order valence-electron chi connectivity index (χ0n) is 17.9. The Kier molecular flexibility index (Phi) is 7.01. The van der Waals surface area contributed by atoms with Crippen molar-refractivity contribution in [3.8, 4) is 11.4 Å². The fourth-order valence-corrected chi connectivity index (χ4v) is 7.32. The molecule has 2 aromatic rings. The minimum Gasteiger partial charge on any atom is -0.335 e. The van der Waals surface area contributed by atoms with Crippen LogP contribution in [0.3, 0.4) is 0 Å². The van der Waals surface area contributed by atoms with Crippen molar-refractivity contribution < 1.29 is 13.2 Å². The van der Waals surface area contributed by atoms with Gasteiger partial charge in [-0.3, -0.25) is 4.79 Å². The second-order valence-electron chi connectivity index (χ2n) is 8.35. The van der Waals surface area contributed by atoms with Gasteiger partial charge in [0.1, 0.15) is 0 Å². The summed E-state index contributed by atoms with van der Waals surface area (Å²) in [5.74, 6) is 1.35. The molecule has 2 fully saturated rings. The van der Waals surface area contributed by atoms with E-state index in [0.717, 1.165) is 42.2 Å². The van der Waals surface area contributed by atoms with E-state index in [-0.39, 0.29) is 35.2 Å². The lowest BCUT2D eigenvalue weighted by Crippen LogP contribution is -2.49. The van der Waals surface area contributed by atoms with Crippen molar-refractivity contribution in [1.82, 2.24) is 19.7 Å². The Bertz CT molecular complexity index is 1000. The van der Waals surface area contributed by atoms with Gasteiger partial charge in [0.15, 0.2) is 20.8 Å². The number of carbonyl (C=O) groups is 1. The number of sulfone groups is 1. The maximum absolute atomic E-state index is 13.3. The first-order chi connectivity index (χ1) is 15.0. The molecule has 0 radical (unpaired) electrons. The van der Waals surface area contributed by atoms with Crippen LogP contribution in [0.15, 0.2) is 35.5 Å². The van der Waals surface area contributed by atoms with Crippen LogP contribution in [0.5, 0.6) is 0 Å². The summed E-state index contributed by atoms with van der Waals surface area (Å²) in [5.41, 5.74) is 0.995. The van der Waals surface area contributed by atoms with Crippen LogP contribution in [-0.2, 0) is 21.2 Å². The number of amides is 1. The molecule has 0 unspecified atom stereocenters. The van der Waals surface area contributed by atoms with Crippen molar-refractivity contribution in [3.63, 3.8) is 0 Å². The summed E-state index contributed by atoms with van der Waals surface area (Å²) < 4.78 is 26.2. The van der Waals surface area contributed by atoms with Gasteiger partial charge in [-0.2, -0.15) is 0 Å². The molecule has 1 saturated carbocycles. The van der Waals surface area contributed by atoms with Gasteiger partial charge in [0.05, 0.1) is 17.3 Å². The maximum Gasteiger partial charge on any atom is 0.233 e. The molecule has 2 heterocycles. The van der Waals surface area contributed by atoms with Gasteiger partial charge in [-0.15, -0.1) is 10.2 Å². The Morgan fingerprint density at radius 1 is 1.10 bits per heavy atom. The highest BCUT2D eigenvalue weighted by Crippen LogP contribution is 2.30. The predicted molar refractivity (Wildman–Crippen MR) is 123 cm³/mol. The van der Waals surface area contributed by atoms with E-state index in [2.05, 4.69) is 10.2 Å². The summed E-state index contributed by atoms with van der Waals surface area (Å²) in [6.45, 7) is 2.75. The summed E-state index contributed by atoms with van der Waals surface area (Å²) in [5, 5.41) is 9.41. The molecule has 7 nitrogen and oxygen atoms in total. The zero-order chi connectivity index (χ0) is 21.8. The molecule has 0 bridgehead atoms. The molecule has 0 spiro atoms. The second kappa shape index (κ2) is 9.73.